The van der Waals surface area contributed by atoms with E-state index in [0.717, 1.165) is 15.1 Å². The fraction of sp³-hybridized carbons (Fsp3) is 0.0769. The van der Waals surface area contributed by atoms with Gasteiger partial charge in [0.05, 0.1) is 12.8 Å². The Morgan fingerprint density at radius 1 is 1.29 bits per heavy atom. The fourth-order valence-electron chi connectivity index (χ4n) is 1.52. The lowest BCUT2D eigenvalue weighted by Gasteiger charge is -1.97. The molecule has 21 heavy (non-hydrogen) atoms. The number of nitriles is 1. The molecule has 8 heteroatoms. The number of nitrogens with zero attached hydrogens (tertiary/aromatic N) is 4. The van der Waals surface area contributed by atoms with Gasteiger partial charge in [-0.25, -0.2) is 4.98 Å². The van der Waals surface area contributed by atoms with Crippen molar-refractivity contribution in [2.75, 3.05) is 5.32 Å². The molecule has 104 valence electrons. The van der Waals surface area contributed by atoms with Gasteiger partial charge in [-0.2, -0.15) is 5.26 Å². The summed E-state index contributed by atoms with van der Waals surface area (Å²) in [6, 6.07) is 11.0. The first-order valence-corrected chi connectivity index (χ1v) is 7.61. The lowest BCUT2D eigenvalue weighted by Crippen LogP contribution is -1.96. The van der Waals surface area contributed by atoms with Crippen LogP contribution in [-0.2, 0) is 6.54 Å². The third kappa shape index (κ3) is 3.59. The molecule has 0 unspecified atom stereocenters. The smallest absolute Gasteiger partial charge is 0.206 e. The summed E-state index contributed by atoms with van der Waals surface area (Å²) in [7, 11) is 0. The van der Waals surface area contributed by atoms with Gasteiger partial charge in [0.1, 0.15) is 22.5 Å². The van der Waals surface area contributed by atoms with Crippen LogP contribution in [-0.4, -0.2) is 15.2 Å². The summed E-state index contributed by atoms with van der Waals surface area (Å²) in [6.07, 6.45) is 1.63. The molecule has 0 spiro atoms. The van der Waals surface area contributed by atoms with Gasteiger partial charge in [-0.1, -0.05) is 17.4 Å². The highest BCUT2D eigenvalue weighted by Gasteiger charge is 2.08. The van der Waals surface area contributed by atoms with Crippen molar-refractivity contribution in [1.82, 2.24) is 15.2 Å². The Kier molecular flexibility index (Phi) is 4.14. The van der Waals surface area contributed by atoms with Gasteiger partial charge in [0, 0.05) is 0 Å². The van der Waals surface area contributed by atoms with Gasteiger partial charge < -0.3 is 9.73 Å². The monoisotopic (exact) mass is 315 g/mol. The number of pyridine rings is 1. The maximum Gasteiger partial charge on any atom is 0.206 e. The molecular weight excluding hydrogens is 306 g/mol. The Morgan fingerprint density at radius 3 is 3.05 bits per heavy atom. The average molecular weight is 315 g/mol. The molecular formula is C13H9N5OS2. The van der Waals surface area contributed by atoms with Gasteiger partial charge in [-0.15, -0.1) is 10.2 Å². The van der Waals surface area contributed by atoms with Gasteiger partial charge in [-0.3, -0.25) is 0 Å². The molecule has 0 saturated carbocycles. The van der Waals surface area contributed by atoms with E-state index in [1.165, 1.54) is 23.1 Å². The summed E-state index contributed by atoms with van der Waals surface area (Å²) < 4.78 is 5.99. The van der Waals surface area contributed by atoms with Crippen molar-refractivity contribution >= 4 is 28.2 Å². The van der Waals surface area contributed by atoms with Gasteiger partial charge in [-0.05, 0) is 36.0 Å². The number of rotatable bonds is 5. The molecule has 1 N–H and O–H groups in total. The largest absolute Gasteiger partial charge is 0.467 e. The number of aromatic nitrogens is 3. The molecule has 0 aliphatic heterocycles. The molecule has 6 nitrogen and oxygen atoms in total. The van der Waals surface area contributed by atoms with E-state index >= 15 is 0 Å². The number of hydrogen-bond donors (Lipinski definition) is 1. The molecule has 3 heterocycles. The predicted molar refractivity (Wildman–Crippen MR) is 79.0 cm³/mol. The van der Waals surface area contributed by atoms with Crippen LogP contribution >= 0.6 is 23.1 Å². The summed E-state index contributed by atoms with van der Waals surface area (Å²) in [5.74, 6) is 0.836. The standard InChI is InChI=1S/C13H9N5OS2/c14-7-9-3-1-5-11(16-9)20-13-18-17-12(21-13)15-8-10-4-2-6-19-10/h1-6H,8H2,(H,15,17). The second kappa shape index (κ2) is 6.39. The molecule has 0 amide bonds. The Hall–Kier alpha value is -2.37. The maximum atomic E-state index is 8.83. The van der Waals surface area contributed by atoms with Crippen molar-refractivity contribution in [1.29, 1.82) is 5.26 Å². The Balaban J connectivity index is 1.63. The highest BCUT2D eigenvalue weighted by atomic mass is 32.2. The summed E-state index contributed by atoms with van der Waals surface area (Å²) in [4.78, 5) is 4.19. The summed E-state index contributed by atoms with van der Waals surface area (Å²) >= 11 is 2.81. The Labute approximate surface area is 128 Å². The maximum absolute atomic E-state index is 8.83. The van der Waals surface area contributed by atoms with Crippen molar-refractivity contribution in [3.63, 3.8) is 0 Å². The van der Waals surface area contributed by atoms with E-state index in [1.807, 2.05) is 24.3 Å². The molecule has 3 aromatic rings. The minimum atomic E-state index is 0.390. The van der Waals surface area contributed by atoms with Crippen LogP contribution in [0.2, 0.25) is 0 Å². The fourth-order valence-corrected chi connectivity index (χ4v) is 3.21. The van der Waals surface area contributed by atoms with Crippen molar-refractivity contribution < 1.29 is 4.42 Å². The molecule has 3 aromatic heterocycles. The van der Waals surface area contributed by atoms with E-state index in [2.05, 4.69) is 20.5 Å². The molecule has 0 radical (unpaired) electrons. The number of anilines is 1. The zero-order valence-corrected chi connectivity index (χ0v) is 12.3. The second-order valence-electron chi connectivity index (χ2n) is 3.88. The molecule has 0 saturated heterocycles. The first-order chi connectivity index (χ1) is 10.3. The zero-order valence-electron chi connectivity index (χ0n) is 10.7. The van der Waals surface area contributed by atoms with Crippen LogP contribution < -0.4 is 5.32 Å². The van der Waals surface area contributed by atoms with Gasteiger partial charge in [0.25, 0.3) is 0 Å². The topological polar surface area (TPSA) is 87.6 Å². The molecule has 3 rings (SSSR count). The average Bonchev–Trinajstić information content (AvgIpc) is 3.17. The van der Waals surface area contributed by atoms with E-state index in [-0.39, 0.29) is 0 Å². The van der Waals surface area contributed by atoms with Gasteiger partial charge >= 0.3 is 0 Å². The highest BCUT2D eigenvalue weighted by molar-refractivity contribution is 8.01. The minimum absolute atomic E-state index is 0.390. The summed E-state index contributed by atoms with van der Waals surface area (Å²) in [5, 5.41) is 21.5. The van der Waals surface area contributed by atoms with E-state index < -0.39 is 0 Å². The molecule has 0 aromatic carbocycles. The number of hydrogen-bond acceptors (Lipinski definition) is 8. The van der Waals surface area contributed by atoms with Crippen LogP contribution in [0.1, 0.15) is 11.5 Å². The van der Waals surface area contributed by atoms with Gasteiger partial charge in [0.15, 0.2) is 4.34 Å². The minimum Gasteiger partial charge on any atom is -0.467 e. The molecule has 0 bridgehead atoms. The third-order valence-electron chi connectivity index (χ3n) is 2.43. The van der Waals surface area contributed by atoms with Crippen LogP contribution in [0, 0.1) is 11.3 Å². The Morgan fingerprint density at radius 2 is 2.24 bits per heavy atom. The lowest BCUT2D eigenvalue weighted by molar-refractivity contribution is 0.518. The first-order valence-electron chi connectivity index (χ1n) is 5.98. The van der Waals surface area contributed by atoms with Crippen LogP contribution in [0.25, 0.3) is 0 Å². The van der Waals surface area contributed by atoms with Crippen LogP contribution in [0.3, 0.4) is 0 Å². The van der Waals surface area contributed by atoms with Crippen LogP contribution in [0.15, 0.2) is 50.4 Å². The highest BCUT2D eigenvalue weighted by Crippen LogP contribution is 2.30. The third-order valence-corrected chi connectivity index (χ3v) is 4.30. The predicted octanol–water partition coefficient (Wildman–Crippen LogP) is 3.16. The van der Waals surface area contributed by atoms with Crippen molar-refractivity contribution in [3.8, 4) is 6.07 Å². The van der Waals surface area contributed by atoms with E-state index in [1.54, 1.807) is 18.4 Å². The molecule has 0 aliphatic rings. The Bertz CT molecular complexity index is 763. The van der Waals surface area contributed by atoms with E-state index in [4.69, 9.17) is 9.68 Å². The number of furan rings is 1. The summed E-state index contributed by atoms with van der Waals surface area (Å²) in [6.45, 7) is 0.564. The number of nitrogens with one attached hydrogen (secondary N) is 1. The van der Waals surface area contributed by atoms with Gasteiger partial charge in [0.2, 0.25) is 5.13 Å². The van der Waals surface area contributed by atoms with Crippen molar-refractivity contribution in [2.24, 2.45) is 0 Å². The molecule has 0 fully saturated rings. The van der Waals surface area contributed by atoms with Crippen molar-refractivity contribution in [3.05, 3.63) is 48.0 Å². The lowest BCUT2D eigenvalue weighted by atomic mass is 10.4. The van der Waals surface area contributed by atoms with E-state index in [0.29, 0.717) is 17.4 Å². The van der Waals surface area contributed by atoms with Crippen molar-refractivity contribution in [2.45, 2.75) is 15.9 Å². The summed E-state index contributed by atoms with van der Waals surface area (Å²) in [5.41, 5.74) is 0.390. The zero-order chi connectivity index (χ0) is 14.5. The second-order valence-corrected chi connectivity index (χ2v) is 6.13. The van der Waals surface area contributed by atoms with Crippen LogP contribution in [0.5, 0.6) is 0 Å². The quantitative estimate of drug-likeness (QED) is 0.773. The first kappa shape index (κ1) is 13.6. The molecule has 0 atom stereocenters. The molecule has 0 aliphatic carbocycles. The van der Waals surface area contributed by atoms with Crippen LogP contribution in [0.4, 0.5) is 5.13 Å². The van der Waals surface area contributed by atoms with E-state index in [9.17, 15) is 0 Å². The normalized spacial score (nSPS) is 10.2. The SMILES string of the molecule is N#Cc1cccc(Sc2nnc(NCc3ccco3)s2)n1.